The molecule has 202 valence electrons. The number of rotatable bonds is 2. The lowest BCUT2D eigenvalue weighted by Crippen LogP contribution is -2.50. The molecule has 3 aromatic heterocycles. The molecule has 8 rings (SSSR count). The summed E-state index contributed by atoms with van der Waals surface area (Å²) in [5, 5.41) is 13.6. The van der Waals surface area contributed by atoms with Gasteiger partial charge in [0.15, 0.2) is 5.65 Å². The van der Waals surface area contributed by atoms with Gasteiger partial charge in [0, 0.05) is 65.0 Å². The highest BCUT2D eigenvalue weighted by Gasteiger charge is 2.30. The number of anilines is 2. The van der Waals surface area contributed by atoms with Gasteiger partial charge >= 0.3 is 0 Å². The van der Waals surface area contributed by atoms with Crippen molar-refractivity contribution in [1.29, 1.82) is 0 Å². The lowest BCUT2D eigenvalue weighted by molar-refractivity contribution is 0.231. The molecule has 1 atom stereocenters. The summed E-state index contributed by atoms with van der Waals surface area (Å²) < 4.78 is 1.93. The Bertz CT molecular complexity index is 1830. The fourth-order valence-corrected chi connectivity index (χ4v) is 6.75. The van der Waals surface area contributed by atoms with Crippen LogP contribution in [0.15, 0.2) is 51.7 Å². The van der Waals surface area contributed by atoms with E-state index in [0.717, 1.165) is 70.0 Å². The van der Waals surface area contributed by atoms with Gasteiger partial charge in [0.05, 0.1) is 12.2 Å². The van der Waals surface area contributed by atoms with Crippen molar-refractivity contribution < 1.29 is 0 Å². The largest absolute Gasteiger partial charge is 0.369 e. The van der Waals surface area contributed by atoms with Crippen molar-refractivity contribution in [2.75, 3.05) is 36.4 Å². The number of aromatic nitrogens is 5. The van der Waals surface area contributed by atoms with E-state index in [1.807, 2.05) is 17.4 Å². The van der Waals surface area contributed by atoms with Crippen LogP contribution in [-0.2, 0) is 13.0 Å². The molecule has 3 aliphatic heterocycles. The van der Waals surface area contributed by atoms with Crippen molar-refractivity contribution >= 4 is 46.2 Å². The number of aromatic amines is 1. The number of aliphatic imine (C=N–C) groups is 1. The molecule has 0 spiro atoms. The molecule has 40 heavy (non-hydrogen) atoms. The fraction of sp³-hybridized carbons (Fsp3) is 0.345. The molecule has 6 heterocycles. The van der Waals surface area contributed by atoms with Gasteiger partial charge in [-0.05, 0) is 68.3 Å². The number of halogens is 1. The number of pyridine rings is 1. The number of allylic oxidation sites excluding steroid dienone is 1. The first kappa shape index (κ1) is 23.8. The highest BCUT2D eigenvalue weighted by molar-refractivity contribution is 6.38. The van der Waals surface area contributed by atoms with E-state index >= 15 is 0 Å². The van der Waals surface area contributed by atoms with Crippen LogP contribution >= 0.6 is 11.6 Å². The molecule has 0 radical (unpaired) electrons. The van der Waals surface area contributed by atoms with Gasteiger partial charge in [-0.25, -0.2) is 9.98 Å². The van der Waals surface area contributed by atoms with E-state index in [1.54, 1.807) is 6.33 Å². The summed E-state index contributed by atoms with van der Waals surface area (Å²) in [6, 6.07) is 11.4. The average Bonchev–Trinajstić information content (AvgIpc) is 3.71. The number of hydrogen-bond acceptors (Lipinski definition) is 8. The Balaban J connectivity index is 1.08. The van der Waals surface area contributed by atoms with E-state index in [9.17, 15) is 0 Å². The zero-order valence-electron chi connectivity index (χ0n) is 22.2. The maximum Gasteiger partial charge on any atom is 0.224 e. The summed E-state index contributed by atoms with van der Waals surface area (Å²) in [6.45, 7) is 7.06. The molecule has 1 aromatic carbocycles. The minimum Gasteiger partial charge on any atom is -0.369 e. The number of guanidine groups is 1. The fourth-order valence-electron chi connectivity index (χ4n) is 6.47. The van der Waals surface area contributed by atoms with E-state index in [-0.39, 0.29) is 0 Å². The Morgan fingerprint density at radius 2 is 2.02 bits per heavy atom. The van der Waals surface area contributed by atoms with Gasteiger partial charge in [0.25, 0.3) is 0 Å². The number of hydrogen-bond donors (Lipinski definition) is 2. The van der Waals surface area contributed by atoms with E-state index in [2.05, 4.69) is 65.6 Å². The minimum atomic E-state index is 0.495. The highest BCUT2D eigenvalue weighted by atomic mass is 35.5. The maximum atomic E-state index is 6.75. The normalized spacial score (nSPS) is 21.9. The maximum absolute atomic E-state index is 6.75. The molecular formula is C29H29ClN10. The molecule has 4 aromatic rings. The Hall–Kier alpha value is -4.02. The zero-order valence-corrected chi connectivity index (χ0v) is 23.0. The quantitative estimate of drug-likeness (QED) is 0.396. The van der Waals surface area contributed by atoms with Gasteiger partial charge in [-0.1, -0.05) is 11.6 Å². The minimum absolute atomic E-state index is 0.495. The molecule has 2 N–H and O–H groups in total. The van der Waals surface area contributed by atoms with E-state index < -0.39 is 0 Å². The van der Waals surface area contributed by atoms with Crippen LogP contribution in [0.3, 0.4) is 0 Å². The first-order chi connectivity index (χ1) is 19.6. The number of benzene rings is 1. The van der Waals surface area contributed by atoms with E-state index in [0.29, 0.717) is 30.0 Å². The van der Waals surface area contributed by atoms with Gasteiger partial charge in [0.2, 0.25) is 5.96 Å². The van der Waals surface area contributed by atoms with Crippen LogP contribution in [0.25, 0.3) is 17.3 Å². The van der Waals surface area contributed by atoms with Crippen LogP contribution < -0.4 is 20.9 Å². The standard InChI is InChI=1S/C29H29ClN10/c1-17-33-25-12-22(24(30)13-26(25)34-17)23-11-18-14-31-29(36-27(18)40-16-32-37-28(23)40)35-19-4-6-20(7-5-19)39-10-9-38-8-2-3-21(38)15-39/h4-7,11,13,16,21H,2-3,8-10,12,14-15H2,1H3,(H,31,35)(H,33,34)/t21-/m1/s1. The molecule has 2 saturated heterocycles. The number of aryl methyl sites for hydroxylation is 1. The van der Waals surface area contributed by atoms with E-state index in [1.165, 1.54) is 25.1 Å². The van der Waals surface area contributed by atoms with Gasteiger partial charge < -0.3 is 15.2 Å². The van der Waals surface area contributed by atoms with Gasteiger partial charge in [-0.15, -0.1) is 10.2 Å². The summed E-state index contributed by atoms with van der Waals surface area (Å²) in [4.78, 5) is 22.6. The number of nitrogens with zero attached hydrogens (tertiary/aromatic N) is 8. The Morgan fingerprint density at radius 3 is 2.92 bits per heavy atom. The lowest BCUT2D eigenvalue weighted by atomic mass is 9.99. The number of nitrogens with one attached hydrogen (secondary N) is 2. The molecule has 4 aliphatic rings. The second kappa shape index (κ2) is 9.28. The molecule has 11 heteroatoms. The average molecular weight is 553 g/mol. The van der Waals surface area contributed by atoms with Gasteiger partial charge in [0.1, 0.15) is 17.6 Å². The number of piperazine rings is 1. The molecular weight excluding hydrogens is 524 g/mol. The third-order valence-electron chi connectivity index (χ3n) is 8.47. The molecule has 1 aliphatic carbocycles. The predicted molar refractivity (Wildman–Crippen MR) is 156 cm³/mol. The van der Waals surface area contributed by atoms with Crippen LogP contribution in [-0.4, -0.2) is 67.6 Å². The molecule has 0 bridgehead atoms. The van der Waals surface area contributed by atoms with Crippen LogP contribution in [0.1, 0.15) is 35.6 Å². The van der Waals surface area contributed by atoms with Crippen LogP contribution in [0, 0.1) is 6.92 Å². The smallest absolute Gasteiger partial charge is 0.224 e. The Morgan fingerprint density at radius 1 is 1.12 bits per heavy atom. The van der Waals surface area contributed by atoms with Crippen molar-refractivity contribution in [3.8, 4) is 0 Å². The highest BCUT2D eigenvalue weighted by Crippen LogP contribution is 2.30. The SMILES string of the molecule is Cc1nc2c([nH]1)CC(=c1cc3c(n4cnnc14)=NC(Nc1ccc(N4CCN5CCC[C@@H]5C4)cc1)=NC3)C(Cl)=C2. The second-order valence-corrected chi connectivity index (χ2v) is 11.4. The molecule has 10 nitrogen and oxygen atoms in total. The van der Waals surface area contributed by atoms with Crippen molar-refractivity contribution in [3.63, 3.8) is 0 Å². The second-order valence-electron chi connectivity index (χ2n) is 11.0. The van der Waals surface area contributed by atoms with Crippen LogP contribution in [0.5, 0.6) is 0 Å². The van der Waals surface area contributed by atoms with Gasteiger partial charge in [-0.2, -0.15) is 4.99 Å². The summed E-state index contributed by atoms with van der Waals surface area (Å²) >= 11 is 6.75. The summed E-state index contributed by atoms with van der Waals surface area (Å²) in [7, 11) is 0. The molecule has 0 saturated carbocycles. The predicted octanol–water partition coefficient (Wildman–Crippen LogP) is 2.63. The third kappa shape index (κ3) is 4.01. The monoisotopic (exact) mass is 552 g/mol. The van der Waals surface area contributed by atoms with E-state index in [4.69, 9.17) is 21.6 Å². The number of fused-ring (bicyclic) bond motifs is 5. The first-order valence-corrected chi connectivity index (χ1v) is 14.2. The van der Waals surface area contributed by atoms with Crippen LogP contribution in [0.4, 0.5) is 11.4 Å². The van der Waals surface area contributed by atoms with Gasteiger partial charge in [-0.3, -0.25) is 9.30 Å². The lowest BCUT2D eigenvalue weighted by Gasteiger charge is -2.38. The Kier molecular flexibility index (Phi) is 5.53. The summed E-state index contributed by atoms with van der Waals surface area (Å²) in [5.74, 6) is 1.45. The molecule has 2 fully saturated rings. The summed E-state index contributed by atoms with van der Waals surface area (Å²) in [5.41, 5.74) is 7.66. The van der Waals surface area contributed by atoms with Crippen molar-refractivity contribution in [2.45, 2.75) is 38.8 Å². The zero-order chi connectivity index (χ0) is 26.8. The molecule has 0 unspecified atom stereocenters. The molecule has 0 amide bonds. The van der Waals surface area contributed by atoms with Crippen molar-refractivity contribution in [1.82, 2.24) is 29.5 Å². The number of H-pyrrole nitrogens is 1. The number of imidazole rings is 1. The summed E-state index contributed by atoms with van der Waals surface area (Å²) in [6.07, 6.45) is 6.90. The van der Waals surface area contributed by atoms with Crippen molar-refractivity contribution in [2.24, 2.45) is 9.98 Å². The Labute approximate surface area is 235 Å². The van der Waals surface area contributed by atoms with Crippen LogP contribution in [0.2, 0.25) is 0 Å². The third-order valence-corrected chi connectivity index (χ3v) is 8.81. The van der Waals surface area contributed by atoms with Crippen molar-refractivity contribution in [3.05, 3.63) is 75.2 Å². The first-order valence-electron chi connectivity index (χ1n) is 13.9. The topological polar surface area (TPSA) is 102 Å².